The lowest BCUT2D eigenvalue weighted by Crippen LogP contribution is -2.23. The highest BCUT2D eigenvalue weighted by Crippen LogP contribution is 2.35. The molecule has 4 rings (SSSR count). The van der Waals surface area contributed by atoms with E-state index < -0.39 is 23.9 Å². The fraction of sp³-hybridized carbons (Fsp3) is 0.0870. The van der Waals surface area contributed by atoms with Crippen molar-refractivity contribution in [1.82, 2.24) is 9.55 Å². The predicted octanol–water partition coefficient (Wildman–Crippen LogP) is 5.13. The summed E-state index contributed by atoms with van der Waals surface area (Å²) in [6, 6.07) is 13.4. The maximum Gasteiger partial charge on any atom is 0.417 e. The van der Waals surface area contributed by atoms with Crippen molar-refractivity contribution in [2.75, 3.05) is 5.73 Å². The van der Waals surface area contributed by atoms with Crippen LogP contribution in [0, 0.1) is 11.3 Å². The average Bonchev–Trinajstić information content (AvgIpc) is 2.79. The monoisotopic (exact) mass is 472 g/mol. The van der Waals surface area contributed by atoms with E-state index in [4.69, 9.17) is 11.0 Å². The SMILES string of the molecule is N#Cc1ccc(-c2c(N)c3ncc(C(F)(F)F)cc3n(-c3ccc(OC(F)F)cc3)c2=O)cc1. The van der Waals surface area contributed by atoms with Crippen LogP contribution in [0.25, 0.3) is 27.8 Å². The third-order valence-electron chi connectivity index (χ3n) is 5.00. The Morgan fingerprint density at radius 2 is 1.71 bits per heavy atom. The van der Waals surface area contributed by atoms with Crippen molar-refractivity contribution in [3.63, 3.8) is 0 Å². The molecule has 2 heterocycles. The van der Waals surface area contributed by atoms with E-state index in [1.54, 1.807) is 0 Å². The minimum atomic E-state index is -4.74. The van der Waals surface area contributed by atoms with E-state index in [1.807, 2.05) is 6.07 Å². The average molecular weight is 472 g/mol. The molecule has 4 aromatic rings. The zero-order chi connectivity index (χ0) is 24.6. The number of nitrogens with zero attached hydrogens (tertiary/aromatic N) is 3. The van der Waals surface area contributed by atoms with Gasteiger partial charge in [0.1, 0.15) is 11.3 Å². The lowest BCUT2D eigenvalue weighted by atomic mass is 10.0. The first-order valence-electron chi connectivity index (χ1n) is 9.57. The van der Waals surface area contributed by atoms with Gasteiger partial charge in [-0.05, 0) is 48.0 Å². The quantitative estimate of drug-likeness (QED) is 0.416. The Morgan fingerprint density at radius 3 is 2.26 bits per heavy atom. The highest BCUT2D eigenvalue weighted by Gasteiger charge is 2.32. The number of fused-ring (bicyclic) bond motifs is 1. The molecule has 0 unspecified atom stereocenters. The molecule has 0 saturated carbocycles. The van der Waals surface area contributed by atoms with Crippen molar-refractivity contribution < 1.29 is 26.7 Å². The van der Waals surface area contributed by atoms with Crippen molar-refractivity contribution in [3.05, 3.63) is 82.3 Å². The van der Waals surface area contributed by atoms with E-state index >= 15 is 0 Å². The van der Waals surface area contributed by atoms with Gasteiger partial charge in [-0.3, -0.25) is 14.3 Å². The van der Waals surface area contributed by atoms with E-state index in [1.165, 1.54) is 36.4 Å². The molecule has 0 aliphatic carbocycles. The van der Waals surface area contributed by atoms with E-state index in [-0.39, 0.29) is 33.7 Å². The molecule has 34 heavy (non-hydrogen) atoms. The van der Waals surface area contributed by atoms with Crippen LogP contribution in [0.2, 0.25) is 0 Å². The van der Waals surface area contributed by atoms with Crippen molar-refractivity contribution in [2.24, 2.45) is 0 Å². The number of nitrogens with two attached hydrogens (primary N) is 1. The van der Waals surface area contributed by atoms with Gasteiger partial charge in [0.15, 0.2) is 0 Å². The van der Waals surface area contributed by atoms with Crippen molar-refractivity contribution in [2.45, 2.75) is 12.8 Å². The molecule has 0 spiro atoms. The number of nitriles is 1. The molecule has 0 fully saturated rings. The first-order chi connectivity index (χ1) is 16.1. The maximum absolute atomic E-state index is 13.5. The lowest BCUT2D eigenvalue weighted by Gasteiger charge is -2.17. The Hall–Kier alpha value is -4.46. The van der Waals surface area contributed by atoms with Crippen molar-refractivity contribution in [3.8, 4) is 28.6 Å². The molecule has 0 saturated heterocycles. The van der Waals surface area contributed by atoms with Crippen molar-refractivity contribution in [1.29, 1.82) is 5.26 Å². The standard InChI is InChI=1S/C23H13F5N4O2/c24-22(25)34-16-7-5-15(6-8-16)32-17-9-14(23(26,27)28)11-31-20(17)19(30)18(21(32)33)13-3-1-12(10-29)2-4-13/h1-9,11,22H,30H2. The summed E-state index contributed by atoms with van der Waals surface area (Å²) >= 11 is 0. The van der Waals surface area contributed by atoms with Crippen LogP contribution in [0.1, 0.15) is 11.1 Å². The Labute approximate surface area is 188 Å². The summed E-state index contributed by atoms with van der Waals surface area (Å²) < 4.78 is 70.3. The van der Waals surface area contributed by atoms with Crippen LogP contribution >= 0.6 is 0 Å². The number of nitrogen functional groups attached to an aromatic ring is 1. The number of pyridine rings is 2. The summed E-state index contributed by atoms with van der Waals surface area (Å²) in [5.41, 5.74) is 4.55. The van der Waals surface area contributed by atoms with Crippen LogP contribution in [-0.2, 0) is 6.18 Å². The van der Waals surface area contributed by atoms with Gasteiger partial charge in [0.2, 0.25) is 0 Å². The molecule has 0 amide bonds. The second-order valence-electron chi connectivity index (χ2n) is 7.08. The Morgan fingerprint density at radius 1 is 1.06 bits per heavy atom. The summed E-state index contributed by atoms with van der Waals surface area (Å²) in [5.74, 6) is -0.201. The normalized spacial score (nSPS) is 11.6. The largest absolute Gasteiger partial charge is 0.435 e. The van der Waals surface area contributed by atoms with Gasteiger partial charge in [0, 0.05) is 11.9 Å². The van der Waals surface area contributed by atoms with Gasteiger partial charge in [-0.2, -0.15) is 27.2 Å². The van der Waals surface area contributed by atoms with Crippen LogP contribution in [0.4, 0.5) is 27.6 Å². The summed E-state index contributed by atoms with van der Waals surface area (Å²) in [5, 5.41) is 9.01. The fourth-order valence-electron chi connectivity index (χ4n) is 3.46. The van der Waals surface area contributed by atoms with Gasteiger partial charge in [-0.15, -0.1) is 0 Å². The fourth-order valence-corrected chi connectivity index (χ4v) is 3.46. The molecular formula is C23H13F5N4O2. The highest BCUT2D eigenvalue weighted by atomic mass is 19.4. The van der Waals surface area contributed by atoms with Gasteiger partial charge in [-0.25, -0.2) is 0 Å². The lowest BCUT2D eigenvalue weighted by molar-refractivity contribution is -0.137. The van der Waals surface area contributed by atoms with Gasteiger partial charge >= 0.3 is 12.8 Å². The molecule has 2 N–H and O–H groups in total. The minimum Gasteiger partial charge on any atom is -0.435 e. The Bertz CT molecular complexity index is 1470. The van der Waals surface area contributed by atoms with Crippen LogP contribution in [-0.4, -0.2) is 16.2 Å². The molecule has 2 aromatic heterocycles. The molecule has 172 valence electrons. The van der Waals surface area contributed by atoms with Crippen molar-refractivity contribution >= 4 is 16.7 Å². The molecule has 0 aliphatic rings. The predicted molar refractivity (Wildman–Crippen MR) is 114 cm³/mol. The number of halogens is 5. The number of rotatable bonds is 4. The second kappa shape index (κ2) is 8.47. The molecule has 6 nitrogen and oxygen atoms in total. The van der Waals surface area contributed by atoms with Gasteiger partial charge in [-0.1, -0.05) is 12.1 Å². The first-order valence-corrected chi connectivity index (χ1v) is 9.57. The zero-order valence-electron chi connectivity index (χ0n) is 17.0. The van der Waals surface area contributed by atoms with Crippen LogP contribution in [0.5, 0.6) is 5.75 Å². The van der Waals surface area contributed by atoms with E-state index in [9.17, 15) is 26.7 Å². The summed E-state index contributed by atoms with van der Waals surface area (Å²) in [6.45, 7) is -3.08. The summed E-state index contributed by atoms with van der Waals surface area (Å²) in [6.07, 6.45) is -4.13. The van der Waals surface area contributed by atoms with Gasteiger partial charge in [0.05, 0.1) is 34.0 Å². The Balaban J connectivity index is 2.04. The van der Waals surface area contributed by atoms with Gasteiger partial charge in [0.25, 0.3) is 5.56 Å². The van der Waals surface area contributed by atoms with Crippen LogP contribution in [0.3, 0.4) is 0 Å². The number of anilines is 1. The summed E-state index contributed by atoms with van der Waals surface area (Å²) in [7, 11) is 0. The second-order valence-corrected chi connectivity index (χ2v) is 7.08. The van der Waals surface area contributed by atoms with E-state index in [0.717, 1.165) is 22.8 Å². The number of hydrogen-bond donors (Lipinski definition) is 1. The number of ether oxygens (including phenoxy) is 1. The van der Waals surface area contributed by atoms with Gasteiger partial charge < -0.3 is 10.5 Å². The van der Waals surface area contributed by atoms with Crippen LogP contribution in [0.15, 0.2) is 65.6 Å². The molecule has 0 radical (unpaired) electrons. The maximum atomic E-state index is 13.5. The molecule has 2 aromatic carbocycles. The third kappa shape index (κ3) is 4.13. The molecule has 11 heteroatoms. The zero-order valence-corrected chi connectivity index (χ0v) is 17.0. The van der Waals surface area contributed by atoms with E-state index in [2.05, 4.69) is 9.72 Å². The molecule has 0 aliphatic heterocycles. The smallest absolute Gasteiger partial charge is 0.417 e. The number of hydrogen-bond acceptors (Lipinski definition) is 5. The number of alkyl halides is 5. The third-order valence-corrected chi connectivity index (χ3v) is 5.00. The number of benzene rings is 2. The first kappa shape index (κ1) is 22.7. The molecular weight excluding hydrogens is 459 g/mol. The summed E-state index contributed by atoms with van der Waals surface area (Å²) in [4.78, 5) is 17.4. The topological polar surface area (TPSA) is 93.9 Å². The Kier molecular flexibility index (Phi) is 5.66. The molecule has 0 atom stereocenters. The number of aromatic nitrogens is 2. The highest BCUT2D eigenvalue weighted by molar-refractivity contribution is 5.96. The van der Waals surface area contributed by atoms with Crippen LogP contribution < -0.4 is 16.0 Å². The molecule has 0 bridgehead atoms. The van der Waals surface area contributed by atoms with E-state index in [0.29, 0.717) is 17.3 Å². The minimum absolute atomic E-state index is 0.0443.